The van der Waals surface area contributed by atoms with E-state index in [1.807, 2.05) is 6.07 Å². The molecule has 2 rings (SSSR count). The second kappa shape index (κ2) is 5.31. The van der Waals surface area contributed by atoms with Crippen molar-refractivity contribution in [2.75, 3.05) is 0 Å². The van der Waals surface area contributed by atoms with Gasteiger partial charge in [-0.3, -0.25) is 4.79 Å². The minimum absolute atomic E-state index is 0.312. The van der Waals surface area contributed by atoms with E-state index in [2.05, 4.69) is 38.1 Å². The molecule has 1 atom stereocenters. The maximum atomic E-state index is 12.0. The van der Waals surface area contributed by atoms with E-state index in [0.29, 0.717) is 18.1 Å². The molecule has 1 unspecified atom stereocenters. The monoisotopic (exact) mass is 228 g/mol. The van der Waals surface area contributed by atoms with Crippen LogP contribution in [0.2, 0.25) is 0 Å². The van der Waals surface area contributed by atoms with Gasteiger partial charge in [-0.25, -0.2) is 0 Å². The number of rotatable bonds is 3. The van der Waals surface area contributed by atoms with Gasteiger partial charge in [0.2, 0.25) is 0 Å². The quantitative estimate of drug-likeness (QED) is 0.714. The summed E-state index contributed by atoms with van der Waals surface area (Å²) in [6.07, 6.45) is 6.06. The van der Waals surface area contributed by atoms with E-state index >= 15 is 0 Å². The van der Waals surface area contributed by atoms with E-state index in [1.54, 1.807) is 0 Å². The van der Waals surface area contributed by atoms with E-state index in [-0.39, 0.29) is 0 Å². The van der Waals surface area contributed by atoms with E-state index in [9.17, 15) is 4.79 Å². The summed E-state index contributed by atoms with van der Waals surface area (Å²) < 4.78 is 0. The van der Waals surface area contributed by atoms with Gasteiger partial charge in [-0.05, 0) is 29.9 Å². The predicted molar refractivity (Wildman–Crippen MR) is 71.8 cm³/mol. The Hall–Kier alpha value is -1.37. The molecule has 0 heterocycles. The number of carbonyl (C=O) groups excluding carboxylic acids is 1. The highest BCUT2D eigenvalue weighted by molar-refractivity contribution is 6.22. The first kappa shape index (κ1) is 12.1. The highest BCUT2D eigenvalue weighted by atomic mass is 16.1. The molecule has 0 spiro atoms. The Morgan fingerprint density at radius 2 is 2.06 bits per heavy atom. The lowest BCUT2D eigenvalue weighted by atomic mass is 9.84. The Kier molecular flexibility index (Phi) is 3.78. The van der Waals surface area contributed by atoms with Crippen molar-refractivity contribution in [3.05, 3.63) is 41.5 Å². The number of benzene rings is 1. The van der Waals surface area contributed by atoms with Gasteiger partial charge < -0.3 is 0 Å². The SMILES string of the molecule is CCCC(C)C=C1C(=O)CCc2ccccc21. The van der Waals surface area contributed by atoms with Crippen molar-refractivity contribution in [3.8, 4) is 0 Å². The lowest BCUT2D eigenvalue weighted by Crippen LogP contribution is -2.13. The van der Waals surface area contributed by atoms with E-state index < -0.39 is 0 Å². The first-order chi connectivity index (χ1) is 8.22. The van der Waals surface area contributed by atoms with Crippen molar-refractivity contribution >= 4 is 11.4 Å². The maximum Gasteiger partial charge on any atom is 0.163 e. The third-order valence-corrected chi connectivity index (χ3v) is 3.42. The Labute approximate surface area is 104 Å². The molecule has 0 saturated carbocycles. The zero-order chi connectivity index (χ0) is 12.3. The number of fused-ring (bicyclic) bond motifs is 1. The van der Waals surface area contributed by atoms with E-state index in [0.717, 1.165) is 24.0 Å². The molecule has 0 saturated heterocycles. The first-order valence-electron chi connectivity index (χ1n) is 6.55. The van der Waals surface area contributed by atoms with Gasteiger partial charge in [0.05, 0.1) is 0 Å². The molecule has 1 aliphatic carbocycles. The van der Waals surface area contributed by atoms with Gasteiger partial charge in [0.1, 0.15) is 0 Å². The van der Waals surface area contributed by atoms with Crippen LogP contribution in [0, 0.1) is 5.92 Å². The molecule has 90 valence electrons. The number of allylic oxidation sites excluding steroid dienone is 2. The van der Waals surface area contributed by atoms with Crippen LogP contribution in [0.25, 0.3) is 5.57 Å². The molecular formula is C16H20O. The second-order valence-electron chi connectivity index (χ2n) is 4.93. The minimum Gasteiger partial charge on any atom is -0.294 e. The Balaban J connectivity index is 2.36. The minimum atomic E-state index is 0.312. The predicted octanol–water partition coefficient (Wildman–Crippen LogP) is 4.02. The Morgan fingerprint density at radius 1 is 1.29 bits per heavy atom. The topological polar surface area (TPSA) is 17.1 Å². The van der Waals surface area contributed by atoms with Crippen molar-refractivity contribution in [1.82, 2.24) is 0 Å². The molecule has 1 heteroatoms. The van der Waals surface area contributed by atoms with Crippen LogP contribution in [-0.4, -0.2) is 5.78 Å². The Morgan fingerprint density at radius 3 is 2.82 bits per heavy atom. The van der Waals surface area contributed by atoms with Crippen LogP contribution >= 0.6 is 0 Å². The van der Waals surface area contributed by atoms with Crippen molar-refractivity contribution in [3.63, 3.8) is 0 Å². The molecular weight excluding hydrogens is 208 g/mol. The van der Waals surface area contributed by atoms with Crippen molar-refractivity contribution < 1.29 is 4.79 Å². The number of Topliss-reactive ketones (excluding diaryl/α,β-unsaturated/α-hetero) is 1. The highest BCUT2D eigenvalue weighted by Gasteiger charge is 2.21. The summed E-state index contributed by atoms with van der Waals surface area (Å²) in [6, 6.07) is 8.30. The van der Waals surface area contributed by atoms with Crippen molar-refractivity contribution in [1.29, 1.82) is 0 Å². The molecule has 1 aromatic carbocycles. The van der Waals surface area contributed by atoms with Gasteiger partial charge in [-0.1, -0.05) is 50.6 Å². The summed E-state index contributed by atoms with van der Waals surface area (Å²) in [7, 11) is 0. The number of hydrogen-bond donors (Lipinski definition) is 0. The second-order valence-corrected chi connectivity index (χ2v) is 4.93. The molecule has 1 aromatic rings. The lowest BCUT2D eigenvalue weighted by molar-refractivity contribution is -0.113. The van der Waals surface area contributed by atoms with Gasteiger partial charge in [0, 0.05) is 12.0 Å². The van der Waals surface area contributed by atoms with Crippen molar-refractivity contribution in [2.45, 2.75) is 39.5 Å². The average Bonchev–Trinajstić information content (AvgIpc) is 2.33. The molecule has 0 amide bonds. The van der Waals surface area contributed by atoms with E-state index in [1.165, 1.54) is 12.0 Å². The molecule has 0 radical (unpaired) electrons. The van der Waals surface area contributed by atoms with Crippen molar-refractivity contribution in [2.24, 2.45) is 5.92 Å². The van der Waals surface area contributed by atoms with Crippen LogP contribution in [0.15, 0.2) is 30.3 Å². The summed E-state index contributed by atoms with van der Waals surface area (Å²) in [5.41, 5.74) is 3.43. The standard InChI is InChI=1S/C16H20O/c1-3-6-12(2)11-15-14-8-5-4-7-13(14)9-10-16(15)17/h4-5,7-8,11-12H,3,6,9-10H2,1-2H3. The zero-order valence-corrected chi connectivity index (χ0v) is 10.7. The van der Waals surface area contributed by atoms with Gasteiger partial charge in [-0.15, -0.1) is 0 Å². The fraction of sp³-hybridized carbons (Fsp3) is 0.438. The summed E-state index contributed by atoms with van der Waals surface area (Å²) in [5.74, 6) is 0.803. The molecule has 0 fully saturated rings. The van der Waals surface area contributed by atoms with Crippen LogP contribution in [0.3, 0.4) is 0 Å². The smallest absolute Gasteiger partial charge is 0.163 e. The fourth-order valence-corrected chi connectivity index (χ4v) is 2.54. The Bertz CT molecular complexity index is 443. The number of hydrogen-bond acceptors (Lipinski definition) is 1. The van der Waals surface area contributed by atoms with Gasteiger partial charge >= 0.3 is 0 Å². The highest BCUT2D eigenvalue weighted by Crippen LogP contribution is 2.29. The largest absolute Gasteiger partial charge is 0.294 e. The molecule has 0 N–H and O–H groups in total. The number of aryl methyl sites for hydroxylation is 1. The molecule has 0 bridgehead atoms. The molecule has 0 aromatic heterocycles. The van der Waals surface area contributed by atoms with Crippen LogP contribution in [0.1, 0.15) is 44.2 Å². The van der Waals surface area contributed by atoms with Crippen LogP contribution < -0.4 is 0 Å². The van der Waals surface area contributed by atoms with E-state index in [4.69, 9.17) is 0 Å². The summed E-state index contributed by atoms with van der Waals surface area (Å²) >= 11 is 0. The lowest BCUT2D eigenvalue weighted by Gasteiger charge is -2.19. The van der Waals surface area contributed by atoms with Crippen LogP contribution in [0.5, 0.6) is 0 Å². The number of carbonyl (C=O) groups is 1. The van der Waals surface area contributed by atoms with Gasteiger partial charge in [0.25, 0.3) is 0 Å². The summed E-state index contributed by atoms with van der Waals surface area (Å²) in [6.45, 7) is 4.38. The molecule has 1 nitrogen and oxygen atoms in total. The third-order valence-electron chi connectivity index (χ3n) is 3.42. The first-order valence-corrected chi connectivity index (χ1v) is 6.55. The van der Waals surface area contributed by atoms with Gasteiger partial charge in [0.15, 0.2) is 5.78 Å². The maximum absolute atomic E-state index is 12.0. The molecule has 0 aliphatic heterocycles. The average molecular weight is 228 g/mol. The van der Waals surface area contributed by atoms with Crippen LogP contribution in [0.4, 0.5) is 0 Å². The number of ketones is 1. The summed E-state index contributed by atoms with van der Waals surface area (Å²) in [5, 5.41) is 0. The third kappa shape index (κ3) is 2.66. The summed E-state index contributed by atoms with van der Waals surface area (Å²) in [4.78, 5) is 12.0. The van der Waals surface area contributed by atoms with Gasteiger partial charge in [-0.2, -0.15) is 0 Å². The normalized spacial score (nSPS) is 19.2. The zero-order valence-electron chi connectivity index (χ0n) is 10.7. The van der Waals surface area contributed by atoms with Crippen LogP contribution in [-0.2, 0) is 11.2 Å². The molecule has 17 heavy (non-hydrogen) atoms. The molecule has 1 aliphatic rings. The fourth-order valence-electron chi connectivity index (χ4n) is 2.54.